The van der Waals surface area contributed by atoms with Crippen LogP contribution in [-0.2, 0) is 15.4 Å². The molecule has 0 fully saturated rings. The number of methoxy groups -OCH3 is 1. The number of carbonyl (C=O) groups excluding carboxylic acids is 2. The Hall–Kier alpha value is -1.49. The molecule has 0 radical (unpaired) electrons. The Morgan fingerprint density at radius 1 is 1.50 bits per heavy atom. The molecule has 1 amide bonds. The van der Waals surface area contributed by atoms with Crippen molar-refractivity contribution in [1.29, 1.82) is 0 Å². The van der Waals surface area contributed by atoms with Crippen LogP contribution >= 0.6 is 11.6 Å². The fraction of sp³-hybridized carbons (Fsp3) is 0.500. The summed E-state index contributed by atoms with van der Waals surface area (Å²) in [7, 11) is 1.33. The van der Waals surface area contributed by atoms with Crippen LogP contribution in [0.2, 0.25) is 0 Å². The molecule has 0 atom stereocenters. The van der Waals surface area contributed by atoms with Crippen molar-refractivity contribution < 1.29 is 18.7 Å². The van der Waals surface area contributed by atoms with E-state index in [4.69, 9.17) is 16.0 Å². The summed E-state index contributed by atoms with van der Waals surface area (Å²) in [5.41, 5.74) is 0.802. The van der Waals surface area contributed by atoms with Gasteiger partial charge in [0.25, 0.3) is 5.91 Å². The van der Waals surface area contributed by atoms with E-state index in [-0.39, 0.29) is 24.1 Å². The number of halogens is 1. The number of nitrogens with one attached hydrogen (secondary N) is 1. The molecule has 0 saturated heterocycles. The van der Waals surface area contributed by atoms with Gasteiger partial charge in [0, 0.05) is 18.5 Å². The quantitative estimate of drug-likeness (QED) is 0.489. The second-order valence-electron chi connectivity index (χ2n) is 3.76. The minimum absolute atomic E-state index is 0.237. The molecule has 6 heteroatoms. The molecule has 1 aromatic rings. The van der Waals surface area contributed by atoms with Crippen LogP contribution in [0.4, 0.5) is 0 Å². The van der Waals surface area contributed by atoms with Gasteiger partial charge in [-0.25, -0.2) is 0 Å². The first kappa shape index (κ1) is 14.6. The highest BCUT2D eigenvalue weighted by molar-refractivity contribution is 6.17. The first-order valence-electron chi connectivity index (χ1n) is 5.58. The van der Waals surface area contributed by atoms with Crippen molar-refractivity contribution in [3.8, 4) is 0 Å². The van der Waals surface area contributed by atoms with E-state index in [9.17, 15) is 9.59 Å². The number of amides is 1. The Morgan fingerprint density at radius 2 is 2.22 bits per heavy atom. The predicted octanol–water partition coefficient (Wildman–Crippen LogP) is 2.01. The number of ether oxygens (including phenoxy) is 1. The molecule has 1 rings (SSSR count). The molecular formula is C12H16ClNO4. The molecule has 0 aliphatic rings. The highest BCUT2D eigenvalue weighted by Crippen LogP contribution is 2.16. The lowest BCUT2D eigenvalue weighted by Crippen LogP contribution is -2.24. The number of aryl methyl sites for hydroxylation is 1. The summed E-state index contributed by atoms with van der Waals surface area (Å²) in [6.07, 6.45) is 0.807. The highest BCUT2D eigenvalue weighted by Gasteiger charge is 2.13. The average Bonchev–Trinajstić information content (AvgIpc) is 2.75. The predicted molar refractivity (Wildman–Crippen MR) is 66.6 cm³/mol. The summed E-state index contributed by atoms with van der Waals surface area (Å²) in [6, 6.07) is 1.62. The van der Waals surface area contributed by atoms with Crippen LogP contribution in [0.25, 0.3) is 0 Å². The largest absolute Gasteiger partial charge is 0.469 e. The van der Waals surface area contributed by atoms with Crippen LogP contribution in [0.5, 0.6) is 0 Å². The normalized spacial score (nSPS) is 10.2. The average molecular weight is 274 g/mol. The van der Waals surface area contributed by atoms with E-state index in [0.29, 0.717) is 24.6 Å². The molecule has 0 saturated carbocycles. The zero-order valence-corrected chi connectivity index (χ0v) is 11.2. The molecule has 0 aliphatic heterocycles. The van der Waals surface area contributed by atoms with Gasteiger partial charge in [0.15, 0.2) is 5.76 Å². The fourth-order valence-electron chi connectivity index (χ4n) is 1.39. The molecule has 0 aliphatic carbocycles. The molecule has 1 N–H and O–H groups in total. The van der Waals surface area contributed by atoms with Crippen molar-refractivity contribution in [1.82, 2.24) is 5.32 Å². The summed E-state index contributed by atoms with van der Waals surface area (Å²) in [6.45, 7) is 2.15. The molecule has 0 aromatic carbocycles. The summed E-state index contributed by atoms with van der Waals surface area (Å²) in [5, 5.41) is 2.66. The molecule has 100 valence electrons. The van der Waals surface area contributed by atoms with E-state index >= 15 is 0 Å². The first-order valence-corrected chi connectivity index (χ1v) is 6.12. The number of hydrogen-bond acceptors (Lipinski definition) is 4. The molecule has 1 heterocycles. The van der Waals surface area contributed by atoms with Gasteiger partial charge in [0.05, 0.1) is 13.0 Å². The first-order chi connectivity index (χ1) is 8.58. The van der Waals surface area contributed by atoms with Crippen LogP contribution in [-0.4, -0.2) is 25.5 Å². The second-order valence-corrected chi connectivity index (χ2v) is 4.03. The third-order valence-corrected chi connectivity index (χ3v) is 2.75. The molecule has 0 bridgehead atoms. The zero-order chi connectivity index (χ0) is 13.5. The van der Waals surface area contributed by atoms with E-state index in [1.54, 1.807) is 13.0 Å². The van der Waals surface area contributed by atoms with Crippen molar-refractivity contribution in [3.63, 3.8) is 0 Å². The molecule has 0 unspecified atom stereocenters. The Kier molecular flexibility index (Phi) is 5.71. The molecule has 1 aromatic heterocycles. The standard InChI is InChI=1S/C12H16ClNO4/c1-8-9(7-13)6-10(18-8)12(16)14-5-3-4-11(15)17-2/h6H,3-5,7H2,1-2H3,(H,14,16). The maximum atomic E-state index is 11.7. The minimum atomic E-state index is -0.306. The lowest BCUT2D eigenvalue weighted by atomic mass is 10.2. The van der Waals surface area contributed by atoms with Gasteiger partial charge < -0.3 is 14.5 Å². The SMILES string of the molecule is COC(=O)CCCNC(=O)c1cc(CCl)c(C)o1. The smallest absolute Gasteiger partial charge is 0.305 e. The highest BCUT2D eigenvalue weighted by atomic mass is 35.5. The lowest BCUT2D eigenvalue weighted by molar-refractivity contribution is -0.140. The van der Waals surface area contributed by atoms with Gasteiger partial charge in [-0.15, -0.1) is 11.6 Å². The zero-order valence-electron chi connectivity index (χ0n) is 10.4. The second kappa shape index (κ2) is 7.06. The van der Waals surface area contributed by atoms with Crippen LogP contribution in [0.3, 0.4) is 0 Å². The summed E-state index contributed by atoms with van der Waals surface area (Å²) >= 11 is 5.68. The summed E-state index contributed by atoms with van der Waals surface area (Å²) < 4.78 is 9.77. The number of carbonyl (C=O) groups is 2. The van der Waals surface area contributed by atoms with Crippen LogP contribution in [0, 0.1) is 6.92 Å². The molecule has 5 nitrogen and oxygen atoms in total. The van der Waals surface area contributed by atoms with Crippen molar-refractivity contribution in [2.45, 2.75) is 25.6 Å². The number of rotatable bonds is 6. The maximum absolute atomic E-state index is 11.7. The van der Waals surface area contributed by atoms with Crippen molar-refractivity contribution in [2.75, 3.05) is 13.7 Å². The molecule has 0 spiro atoms. The van der Waals surface area contributed by atoms with Crippen LogP contribution < -0.4 is 5.32 Å². The van der Waals surface area contributed by atoms with Crippen LogP contribution in [0.1, 0.15) is 34.7 Å². The third kappa shape index (κ3) is 4.07. The Morgan fingerprint density at radius 3 is 2.78 bits per heavy atom. The minimum Gasteiger partial charge on any atom is -0.469 e. The van der Waals surface area contributed by atoms with Crippen molar-refractivity contribution >= 4 is 23.5 Å². The van der Waals surface area contributed by atoms with Gasteiger partial charge in [-0.2, -0.15) is 0 Å². The molecular weight excluding hydrogens is 258 g/mol. The van der Waals surface area contributed by atoms with E-state index in [0.717, 1.165) is 5.56 Å². The van der Waals surface area contributed by atoms with Crippen molar-refractivity contribution in [2.24, 2.45) is 0 Å². The van der Waals surface area contributed by atoms with E-state index in [1.165, 1.54) is 7.11 Å². The monoisotopic (exact) mass is 273 g/mol. The van der Waals surface area contributed by atoms with E-state index in [1.807, 2.05) is 0 Å². The van der Waals surface area contributed by atoms with Gasteiger partial charge in [-0.1, -0.05) is 0 Å². The fourth-order valence-corrected chi connectivity index (χ4v) is 1.65. The van der Waals surface area contributed by atoms with Gasteiger partial charge >= 0.3 is 5.97 Å². The summed E-state index contributed by atoms with van der Waals surface area (Å²) in [4.78, 5) is 22.5. The topological polar surface area (TPSA) is 68.5 Å². The molecule has 18 heavy (non-hydrogen) atoms. The van der Waals surface area contributed by atoms with Crippen molar-refractivity contribution in [3.05, 3.63) is 23.2 Å². The van der Waals surface area contributed by atoms with Gasteiger partial charge in [0.2, 0.25) is 0 Å². The van der Waals surface area contributed by atoms with Gasteiger partial charge in [-0.05, 0) is 19.4 Å². The summed E-state index contributed by atoms with van der Waals surface area (Å²) in [5.74, 6) is 0.595. The van der Waals surface area contributed by atoms with Gasteiger partial charge in [0.1, 0.15) is 5.76 Å². The third-order valence-electron chi connectivity index (χ3n) is 2.46. The number of hydrogen-bond donors (Lipinski definition) is 1. The van der Waals surface area contributed by atoms with Crippen LogP contribution in [0.15, 0.2) is 10.5 Å². The number of alkyl halides is 1. The van der Waals surface area contributed by atoms with E-state index < -0.39 is 0 Å². The Balaban J connectivity index is 2.38. The van der Waals surface area contributed by atoms with E-state index in [2.05, 4.69) is 10.1 Å². The maximum Gasteiger partial charge on any atom is 0.305 e. The Bertz CT molecular complexity index is 428. The number of furan rings is 1. The lowest BCUT2D eigenvalue weighted by Gasteiger charge is -2.02. The Labute approximate surface area is 110 Å². The number of esters is 1. The van der Waals surface area contributed by atoms with Gasteiger partial charge in [-0.3, -0.25) is 9.59 Å².